The Kier molecular flexibility index (Phi) is 6.73. The molecule has 31 heavy (non-hydrogen) atoms. The zero-order chi connectivity index (χ0) is 21.8. The first-order valence-electron chi connectivity index (χ1n) is 10.5. The lowest BCUT2D eigenvalue weighted by Crippen LogP contribution is -2.15. The Morgan fingerprint density at radius 3 is 2.90 bits per heavy atom. The molecular weight excluding hydrogens is 426 g/mol. The number of hydrogen-bond acceptors (Lipinski definition) is 6. The predicted molar refractivity (Wildman–Crippen MR) is 125 cm³/mol. The van der Waals surface area contributed by atoms with E-state index in [1.165, 1.54) is 22.2 Å². The number of rotatable bonds is 7. The highest BCUT2D eigenvalue weighted by Gasteiger charge is 2.25. The lowest BCUT2D eigenvalue weighted by molar-refractivity contribution is -0.113. The number of thioether (sulfide) groups is 1. The molecule has 1 atom stereocenters. The molecule has 2 heterocycles. The van der Waals surface area contributed by atoms with Crippen molar-refractivity contribution in [3.63, 3.8) is 0 Å². The number of nitriles is 1. The molecule has 1 N–H and O–H groups in total. The van der Waals surface area contributed by atoms with Gasteiger partial charge in [0.25, 0.3) is 0 Å². The summed E-state index contributed by atoms with van der Waals surface area (Å²) in [5.41, 5.74) is 2.95. The summed E-state index contributed by atoms with van der Waals surface area (Å²) < 4.78 is 2.05. The number of fused-ring (bicyclic) bond motifs is 1. The van der Waals surface area contributed by atoms with Gasteiger partial charge in [-0.15, -0.1) is 21.5 Å². The summed E-state index contributed by atoms with van der Waals surface area (Å²) in [5.74, 6) is 1.63. The van der Waals surface area contributed by atoms with E-state index in [1.807, 2.05) is 18.2 Å². The van der Waals surface area contributed by atoms with Crippen LogP contribution in [0.25, 0.3) is 0 Å². The van der Waals surface area contributed by atoms with E-state index in [1.54, 1.807) is 11.3 Å². The first-order chi connectivity index (χ1) is 15.1. The van der Waals surface area contributed by atoms with Crippen LogP contribution >= 0.6 is 23.1 Å². The van der Waals surface area contributed by atoms with Gasteiger partial charge in [0.1, 0.15) is 16.9 Å². The molecule has 0 fully saturated rings. The predicted octanol–water partition coefficient (Wildman–Crippen LogP) is 4.68. The van der Waals surface area contributed by atoms with Crippen LogP contribution in [0.2, 0.25) is 0 Å². The van der Waals surface area contributed by atoms with Gasteiger partial charge in [0, 0.05) is 17.8 Å². The fourth-order valence-corrected chi connectivity index (χ4v) is 6.10. The summed E-state index contributed by atoms with van der Waals surface area (Å²) in [5, 5.41) is 22.7. The van der Waals surface area contributed by atoms with E-state index in [9.17, 15) is 10.1 Å². The molecule has 1 amide bonds. The van der Waals surface area contributed by atoms with Crippen molar-refractivity contribution in [1.82, 2.24) is 14.8 Å². The van der Waals surface area contributed by atoms with Crippen LogP contribution in [0.1, 0.15) is 47.7 Å². The largest absolute Gasteiger partial charge is 0.316 e. The second kappa shape index (κ2) is 9.67. The summed E-state index contributed by atoms with van der Waals surface area (Å²) in [6.07, 6.45) is 3.71. The number of benzene rings is 1. The van der Waals surface area contributed by atoms with Gasteiger partial charge in [-0.25, -0.2) is 0 Å². The first kappa shape index (κ1) is 21.6. The quantitative estimate of drug-likeness (QED) is 0.528. The van der Waals surface area contributed by atoms with Crippen molar-refractivity contribution in [3.05, 3.63) is 57.7 Å². The van der Waals surface area contributed by atoms with Gasteiger partial charge >= 0.3 is 0 Å². The molecule has 6 nitrogen and oxygen atoms in total. The van der Waals surface area contributed by atoms with Gasteiger partial charge in [-0.05, 0) is 43.2 Å². The smallest absolute Gasteiger partial charge is 0.235 e. The normalized spacial score (nSPS) is 15.3. The van der Waals surface area contributed by atoms with Gasteiger partial charge in [-0.1, -0.05) is 49.0 Å². The lowest BCUT2D eigenvalue weighted by Gasteiger charge is -2.17. The molecule has 3 aromatic rings. The average molecular weight is 452 g/mol. The third-order valence-corrected chi connectivity index (χ3v) is 7.66. The molecule has 0 saturated heterocycles. The number of carbonyl (C=O) groups excluding carboxylic acids is 1. The molecule has 4 rings (SSSR count). The standard InChI is InChI=1S/C23H25N5OS2/c1-3-28-20(12-16-7-5-4-6-8-16)26-27-23(28)30-14-21(29)25-22-18(13-24)17-10-9-15(2)11-19(17)31-22/h4-8,15H,3,9-12,14H2,1-2H3,(H,25,29). The fraction of sp³-hybridized carbons (Fsp3) is 0.391. The van der Waals surface area contributed by atoms with Crippen LogP contribution in [0.3, 0.4) is 0 Å². The Morgan fingerprint density at radius 1 is 1.35 bits per heavy atom. The zero-order valence-corrected chi connectivity index (χ0v) is 19.4. The van der Waals surface area contributed by atoms with Gasteiger partial charge < -0.3 is 9.88 Å². The van der Waals surface area contributed by atoms with Crippen LogP contribution in [-0.2, 0) is 30.6 Å². The van der Waals surface area contributed by atoms with Crippen molar-refractivity contribution in [3.8, 4) is 6.07 Å². The van der Waals surface area contributed by atoms with Crippen molar-refractivity contribution in [2.75, 3.05) is 11.1 Å². The third-order valence-electron chi connectivity index (χ3n) is 5.52. The molecule has 0 saturated carbocycles. The summed E-state index contributed by atoms with van der Waals surface area (Å²) in [6, 6.07) is 12.5. The lowest BCUT2D eigenvalue weighted by atomic mass is 9.89. The highest BCUT2D eigenvalue weighted by molar-refractivity contribution is 7.99. The van der Waals surface area contributed by atoms with Crippen LogP contribution in [0.5, 0.6) is 0 Å². The number of anilines is 1. The van der Waals surface area contributed by atoms with Gasteiger partial charge in [0.05, 0.1) is 11.3 Å². The average Bonchev–Trinajstić information content (AvgIpc) is 3.32. The van der Waals surface area contributed by atoms with E-state index in [0.717, 1.165) is 42.4 Å². The molecule has 1 aromatic carbocycles. The van der Waals surface area contributed by atoms with Gasteiger partial charge in [-0.2, -0.15) is 5.26 Å². The highest BCUT2D eigenvalue weighted by Crippen LogP contribution is 2.39. The molecule has 0 bridgehead atoms. The molecule has 2 aromatic heterocycles. The Morgan fingerprint density at radius 2 is 2.16 bits per heavy atom. The number of aromatic nitrogens is 3. The van der Waals surface area contributed by atoms with Crippen LogP contribution < -0.4 is 5.32 Å². The Bertz CT molecular complexity index is 1110. The van der Waals surface area contributed by atoms with Gasteiger partial charge in [0.2, 0.25) is 5.91 Å². The Balaban J connectivity index is 1.41. The third kappa shape index (κ3) is 4.83. The van der Waals surface area contributed by atoms with E-state index < -0.39 is 0 Å². The van der Waals surface area contributed by atoms with Crippen LogP contribution in [-0.4, -0.2) is 26.4 Å². The Hall–Kier alpha value is -2.63. The molecule has 1 aliphatic rings. The second-order valence-electron chi connectivity index (χ2n) is 7.81. The maximum absolute atomic E-state index is 12.6. The molecular formula is C23H25N5OS2. The van der Waals surface area contributed by atoms with E-state index in [-0.39, 0.29) is 11.7 Å². The molecule has 1 aliphatic carbocycles. The van der Waals surface area contributed by atoms with Crippen molar-refractivity contribution < 1.29 is 4.79 Å². The number of nitrogens with zero attached hydrogens (tertiary/aromatic N) is 4. The fourth-order valence-electron chi connectivity index (χ4n) is 3.90. The van der Waals surface area contributed by atoms with Gasteiger partial charge in [-0.3, -0.25) is 4.79 Å². The molecule has 8 heteroatoms. The van der Waals surface area contributed by atoms with Gasteiger partial charge in [0.15, 0.2) is 5.16 Å². The first-order valence-corrected chi connectivity index (χ1v) is 12.3. The molecule has 0 radical (unpaired) electrons. The number of carbonyl (C=O) groups is 1. The Labute approximate surface area is 190 Å². The van der Waals surface area contributed by atoms with Crippen molar-refractivity contribution in [2.45, 2.75) is 51.2 Å². The van der Waals surface area contributed by atoms with E-state index in [2.05, 4.69) is 52.1 Å². The molecule has 1 unspecified atom stereocenters. The van der Waals surface area contributed by atoms with E-state index >= 15 is 0 Å². The van der Waals surface area contributed by atoms with Crippen molar-refractivity contribution >= 4 is 34.0 Å². The summed E-state index contributed by atoms with van der Waals surface area (Å²) in [6.45, 7) is 5.03. The van der Waals surface area contributed by atoms with E-state index in [4.69, 9.17) is 0 Å². The topological polar surface area (TPSA) is 83.6 Å². The minimum absolute atomic E-state index is 0.122. The number of amides is 1. The summed E-state index contributed by atoms with van der Waals surface area (Å²) in [7, 11) is 0. The number of hydrogen-bond donors (Lipinski definition) is 1. The van der Waals surface area contributed by atoms with Crippen LogP contribution in [0.15, 0.2) is 35.5 Å². The molecule has 0 spiro atoms. The minimum atomic E-state index is -0.122. The molecule has 0 aliphatic heterocycles. The second-order valence-corrected chi connectivity index (χ2v) is 9.86. The SMILES string of the molecule is CCn1c(Cc2ccccc2)nnc1SCC(=O)Nc1sc2c(c1C#N)CCC(C)C2. The maximum Gasteiger partial charge on any atom is 0.235 e. The van der Waals surface area contributed by atoms with Crippen LogP contribution in [0.4, 0.5) is 5.00 Å². The van der Waals surface area contributed by atoms with Crippen LogP contribution in [0, 0.1) is 17.2 Å². The summed E-state index contributed by atoms with van der Waals surface area (Å²) >= 11 is 2.93. The maximum atomic E-state index is 12.6. The monoisotopic (exact) mass is 451 g/mol. The van der Waals surface area contributed by atoms with Crippen molar-refractivity contribution in [2.24, 2.45) is 5.92 Å². The summed E-state index contributed by atoms with van der Waals surface area (Å²) in [4.78, 5) is 13.9. The highest BCUT2D eigenvalue weighted by atomic mass is 32.2. The van der Waals surface area contributed by atoms with E-state index in [0.29, 0.717) is 22.9 Å². The molecule has 160 valence electrons. The number of thiophene rings is 1. The zero-order valence-electron chi connectivity index (χ0n) is 17.7. The number of nitrogens with one attached hydrogen (secondary N) is 1. The minimum Gasteiger partial charge on any atom is -0.316 e. The van der Waals surface area contributed by atoms with Crippen molar-refractivity contribution in [1.29, 1.82) is 5.26 Å².